The number of hydrogen-bond acceptors (Lipinski definition) is 3. The summed E-state index contributed by atoms with van der Waals surface area (Å²) < 4.78 is 5.91. The molecule has 0 aromatic heterocycles. The highest BCUT2D eigenvalue weighted by Crippen LogP contribution is 2.18. The maximum Gasteiger partial charge on any atom is 0.306 e. The Morgan fingerprint density at radius 1 is 0.419 bits per heavy atom. The van der Waals surface area contributed by atoms with Crippen LogP contribution in [0.2, 0.25) is 0 Å². The molecule has 1 atom stereocenters. The molecule has 0 fully saturated rings. The van der Waals surface area contributed by atoms with Crippen molar-refractivity contribution in [3.05, 3.63) is 0 Å². The zero-order valence-electron chi connectivity index (χ0n) is 29.3. The highest BCUT2D eigenvalue weighted by Gasteiger charge is 2.14. The lowest BCUT2D eigenvalue weighted by molar-refractivity contribution is -0.150. The van der Waals surface area contributed by atoms with Gasteiger partial charge in [0, 0.05) is 12.8 Å². The molecule has 1 N–H and O–H groups in total. The van der Waals surface area contributed by atoms with Crippen LogP contribution in [0.3, 0.4) is 0 Å². The van der Waals surface area contributed by atoms with Gasteiger partial charge >= 0.3 is 11.9 Å². The van der Waals surface area contributed by atoms with Gasteiger partial charge in [0.2, 0.25) is 0 Å². The van der Waals surface area contributed by atoms with Crippen LogP contribution >= 0.6 is 0 Å². The number of hydrogen-bond donors (Lipinski definition) is 1. The molecule has 0 saturated heterocycles. The van der Waals surface area contributed by atoms with Crippen molar-refractivity contribution in [1.82, 2.24) is 0 Å². The lowest BCUT2D eigenvalue weighted by Gasteiger charge is -2.18. The second-order valence-electron chi connectivity index (χ2n) is 13.5. The van der Waals surface area contributed by atoms with E-state index in [0.717, 1.165) is 70.6 Å². The van der Waals surface area contributed by atoms with Gasteiger partial charge < -0.3 is 9.84 Å². The Morgan fingerprint density at radius 3 is 1.07 bits per heavy atom. The number of aliphatic carboxylic acids is 1. The second-order valence-corrected chi connectivity index (χ2v) is 13.5. The molecule has 0 aliphatic rings. The fourth-order valence-corrected chi connectivity index (χ4v) is 6.19. The van der Waals surface area contributed by atoms with Crippen LogP contribution in [0, 0.1) is 0 Å². The highest BCUT2D eigenvalue weighted by molar-refractivity contribution is 5.69. The summed E-state index contributed by atoms with van der Waals surface area (Å²) in [5.74, 6) is -0.685. The van der Waals surface area contributed by atoms with Crippen molar-refractivity contribution in [2.45, 2.75) is 238 Å². The molecule has 0 aliphatic heterocycles. The number of carbonyl (C=O) groups excluding carboxylic acids is 1. The summed E-state index contributed by atoms with van der Waals surface area (Å²) in [5.41, 5.74) is 0. The number of esters is 1. The lowest BCUT2D eigenvalue weighted by atomic mass is 10.0. The average Bonchev–Trinajstić information content (AvgIpc) is 2.99. The number of carboxylic acids is 1. The van der Waals surface area contributed by atoms with Crippen molar-refractivity contribution in [2.24, 2.45) is 0 Å². The quantitative estimate of drug-likeness (QED) is 0.0567. The zero-order chi connectivity index (χ0) is 31.5. The van der Waals surface area contributed by atoms with E-state index in [9.17, 15) is 9.59 Å². The standard InChI is InChI=1S/C39H76O4/c1-3-5-7-8-9-10-11-12-13-14-15-16-17-18-19-20-21-22-23-28-32-36-39(42)43-37(33-29-6-4-2)34-30-26-24-25-27-31-35-38(40)41/h37H,3-36H2,1-2H3,(H,40,41). The van der Waals surface area contributed by atoms with Crippen molar-refractivity contribution in [2.75, 3.05) is 0 Å². The Morgan fingerprint density at radius 2 is 0.698 bits per heavy atom. The van der Waals surface area contributed by atoms with E-state index < -0.39 is 5.97 Å². The molecule has 0 heterocycles. The molecule has 0 amide bonds. The maximum atomic E-state index is 12.5. The predicted octanol–water partition coefficient (Wildman–Crippen LogP) is 13.3. The maximum absolute atomic E-state index is 12.5. The summed E-state index contributed by atoms with van der Waals surface area (Å²) in [6, 6.07) is 0. The topological polar surface area (TPSA) is 63.6 Å². The van der Waals surface area contributed by atoms with Gasteiger partial charge in [-0.05, 0) is 38.5 Å². The van der Waals surface area contributed by atoms with Crippen LogP contribution in [0.4, 0.5) is 0 Å². The van der Waals surface area contributed by atoms with E-state index in [1.807, 2.05) is 0 Å². The van der Waals surface area contributed by atoms with E-state index in [0.29, 0.717) is 6.42 Å². The van der Waals surface area contributed by atoms with Gasteiger partial charge in [0.15, 0.2) is 0 Å². The van der Waals surface area contributed by atoms with E-state index in [4.69, 9.17) is 9.84 Å². The summed E-state index contributed by atoms with van der Waals surface area (Å²) in [5, 5.41) is 8.72. The van der Waals surface area contributed by atoms with Crippen molar-refractivity contribution < 1.29 is 19.4 Å². The average molecular weight is 609 g/mol. The van der Waals surface area contributed by atoms with Gasteiger partial charge in [0.05, 0.1) is 0 Å². The van der Waals surface area contributed by atoms with Gasteiger partial charge in [-0.2, -0.15) is 0 Å². The molecular formula is C39H76O4. The largest absolute Gasteiger partial charge is 0.481 e. The molecule has 4 heteroatoms. The van der Waals surface area contributed by atoms with Gasteiger partial charge in [0.1, 0.15) is 6.10 Å². The minimum absolute atomic E-state index is 0.00738. The first-order valence-electron chi connectivity index (χ1n) is 19.5. The van der Waals surface area contributed by atoms with E-state index in [2.05, 4.69) is 13.8 Å². The number of unbranched alkanes of at least 4 members (excludes halogenated alkanes) is 27. The Kier molecular flexibility index (Phi) is 34.5. The molecule has 0 radical (unpaired) electrons. The van der Waals surface area contributed by atoms with Crippen molar-refractivity contribution >= 4 is 11.9 Å². The Bertz CT molecular complexity index is 576. The van der Waals surface area contributed by atoms with Crippen LogP contribution < -0.4 is 0 Å². The van der Waals surface area contributed by atoms with E-state index in [1.165, 1.54) is 135 Å². The highest BCUT2D eigenvalue weighted by atomic mass is 16.5. The van der Waals surface area contributed by atoms with Gasteiger partial charge in [-0.25, -0.2) is 0 Å². The molecule has 43 heavy (non-hydrogen) atoms. The lowest BCUT2D eigenvalue weighted by Crippen LogP contribution is -2.18. The smallest absolute Gasteiger partial charge is 0.306 e. The van der Waals surface area contributed by atoms with Crippen LogP contribution in [0.1, 0.15) is 232 Å². The van der Waals surface area contributed by atoms with Crippen molar-refractivity contribution in [3.8, 4) is 0 Å². The third-order valence-electron chi connectivity index (χ3n) is 9.08. The molecular weight excluding hydrogens is 532 g/mol. The molecule has 4 nitrogen and oxygen atoms in total. The Hall–Kier alpha value is -1.06. The van der Waals surface area contributed by atoms with Crippen molar-refractivity contribution in [1.29, 1.82) is 0 Å². The summed E-state index contributed by atoms with van der Waals surface area (Å²) in [6.45, 7) is 4.51. The van der Waals surface area contributed by atoms with Crippen LogP contribution in [0.25, 0.3) is 0 Å². The first-order valence-corrected chi connectivity index (χ1v) is 19.5. The fourth-order valence-electron chi connectivity index (χ4n) is 6.19. The molecule has 0 aromatic rings. The first kappa shape index (κ1) is 41.9. The van der Waals surface area contributed by atoms with Crippen LogP contribution in [0.5, 0.6) is 0 Å². The van der Waals surface area contributed by atoms with Gasteiger partial charge in [0.25, 0.3) is 0 Å². The monoisotopic (exact) mass is 609 g/mol. The molecule has 0 saturated carbocycles. The van der Waals surface area contributed by atoms with Gasteiger partial charge in [-0.1, -0.05) is 181 Å². The summed E-state index contributed by atoms with van der Waals surface area (Å²) in [7, 11) is 0. The first-order chi connectivity index (χ1) is 21.1. The summed E-state index contributed by atoms with van der Waals surface area (Å²) >= 11 is 0. The predicted molar refractivity (Wildman–Crippen MR) is 186 cm³/mol. The number of ether oxygens (including phenoxy) is 1. The third-order valence-corrected chi connectivity index (χ3v) is 9.08. The molecule has 256 valence electrons. The fraction of sp³-hybridized carbons (Fsp3) is 0.949. The molecule has 0 aliphatic carbocycles. The molecule has 0 bridgehead atoms. The summed E-state index contributed by atoms with van der Waals surface area (Å²) in [6.07, 6.45) is 41.6. The normalized spacial score (nSPS) is 12.0. The Balaban J connectivity index is 3.57. The molecule has 0 rings (SSSR count). The minimum Gasteiger partial charge on any atom is -0.481 e. The zero-order valence-corrected chi connectivity index (χ0v) is 29.3. The SMILES string of the molecule is CCCCCCCCCCCCCCCCCCCCCCCC(=O)OC(CCCCC)CCCCCCCCC(=O)O. The van der Waals surface area contributed by atoms with E-state index >= 15 is 0 Å². The third kappa shape index (κ3) is 35.3. The molecule has 0 aromatic carbocycles. The van der Waals surface area contributed by atoms with E-state index in [-0.39, 0.29) is 18.5 Å². The number of rotatable bonds is 36. The van der Waals surface area contributed by atoms with Crippen molar-refractivity contribution in [3.63, 3.8) is 0 Å². The molecule has 0 spiro atoms. The van der Waals surface area contributed by atoms with Crippen LogP contribution in [-0.4, -0.2) is 23.1 Å². The van der Waals surface area contributed by atoms with Crippen LogP contribution in [0.15, 0.2) is 0 Å². The molecule has 1 unspecified atom stereocenters. The second kappa shape index (κ2) is 35.4. The number of carboxylic acid groups (broad SMARTS) is 1. The summed E-state index contributed by atoms with van der Waals surface area (Å²) in [4.78, 5) is 23.1. The minimum atomic E-state index is -0.692. The van der Waals surface area contributed by atoms with E-state index in [1.54, 1.807) is 0 Å². The van der Waals surface area contributed by atoms with Gasteiger partial charge in [-0.15, -0.1) is 0 Å². The van der Waals surface area contributed by atoms with Gasteiger partial charge in [-0.3, -0.25) is 9.59 Å². The Labute approximate surface area is 269 Å². The van der Waals surface area contributed by atoms with Crippen LogP contribution in [-0.2, 0) is 14.3 Å². The number of carbonyl (C=O) groups is 2.